The highest BCUT2D eigenvalue weighted by atomic mass is 16.3. The normalized spacial score (nSPS) is 32.0. The van der Waals surface area contributed by atoms with Gasteiger partial charge in [0, 0.05) is 12.5 Å². The fraction of sp³-hybridized carbons (Fsp3) is 0.812. The molecule has 8 nitrogen and oxygen atoms in total. The lowest BCUT2D eigenvalue weighted by Crippen LogP contribution is -2.69. The second-order valence-corrected chi connectivity index (χ2v) is 7.24. The molecule has 4 atom stereocenters. The number of nitrogens with zero attached hydrogens (tertiary/aromatic N) is 1. The van der Waals surface area contributed by atoms with E-state index in [9.17, 15) is 24.6 Å². The molecule has 136 valence electrons. The molecule has 1 saturated carbocycles. The highest BCUT2D eigenvalue weighted by molar-refractivity contribution is 5.95. The molecule has 2 amide bonds. The summed E-state index contributed by atoms with van der Waals surface area (Å²) in [5, 5.41) is 19.1. The van der Waals surface area contributed by atoms with Crippen LogP contribution in [0.25, 0.3) is 0 Å². The number of carbonyl (C=O) groups excluding carboxylic acids is 3. The van der Waals surface area contributed by atoms with Gasteiger partial charge in [0.25, 0.3) is 0 Å². The Morgan fingerprint density at radius 3 is 2.12 bits per heavy atom. The van der Waals surface area contributed by atoms with E-state index in [0.29, 0.717) is 32.2 Å². The molecule has 0 bridgehead atoms. The first-order chi connectivity index (χ1) is 11.1. The van der Waals surface area contributed by atoms with Crippen molar-refractivity contribution in [2.75, 3.05) is 6.54 Å². The van der Waals surface area contributed by atoms with E-state index in [0.717, 1.165) is 0 Å². The molecular formula is C16H27N3O5. The average molecular weight is 341 g/mol. The summed E-state index contributed by atoms with van der Waals surface area (Å²) in [6.45, 7) is 3.29. The molecule has 2 fully saturated rings. The van der Waals surface area contributed by atoms with Crippen LogP contribution < -0.4 is 11.5 Å². The third-order valence-corrected chi connectivity index (χ3v) is 5.47. The lowest BCUT2D eigenvalue weighted by molar-refractivity contribution is -0.176. The quantitative estimate of drug-likeness (QED) is 0.433. The van der Waals surface area contributed by atoms with Crippen molar-refractivity contribution >= 4 is 17.6 Å². The number of aliphatic hydroxyl groups is 2. The van der Waals surface area contributed by atoms with Gasteiger partial charge in [-0.15, -0.1) is 0 Å². The Kier molecular flexibility index (Phi) is 5.31. The number of carbonyl (C=O) groups is 3. The highest BCUT2D eigenvalue weighted by Crippen LogP contribution is 2.47. The zero-order valence-electron chi connectivity index (χ0n) is 14.1. The predicted octanol–water partition coefficient (Wildman–Crippen LogP) is -1.48. The third-order valence-electron chi connectivity index (χ3n) is 5.47. The van der Waals surface area contributed by atoms with E-state index in [1.165, 1.54) is 18.7 Å². The number of primary amides is 1. The van der Waals surface area contributed by atoms with Crippen LogP contribution in [0.15, 0.2) is 0 Å². The minimum absolute atomic E-state index is 0.164. The molecule has 0 radical (unpaired) electrons. The first-order valence-corrected chi connectivity index (χ1v) is 8.36. The van der Waals surface area contributed by atoms with Crippen molar-refractivity contribution < 1.29 is 24.6 Å². The Morgan fingerprint density at radius 1 is 1.21 bits per heavy atom. The Labute approximate surface area is 141 Å². The second kappa shape index (κ2) is 6.78. The van der Waals surface area contributed by atoms with Crippen molar-refractivity contribution in [2.45, 2.75) is 63.8 Å². The van der Waals surface area contributed by atoms with Crippen molar-refractivity contribution in [1.82, 2.24) is 4.90 Å². The maximum absolute atomic E-state index is 12.6. The molecule has 0 aromatic heterocycles. The Balaban J connectivity index is 1.97. The van der Waals surface area contributed by atoms with Crippen molar-refractivity contribution in [1.29, 1.82) is 0 Å². The van der Waals surface area contributed by atoms with Crippen LogP contribution in [-0.2, 0) is 14.4 Å². The van der Waals surface area contributed by atoms with Crippen LogP contribution in [0.3, 0.4) is 0 Å². The predicted molar refractivity (Wildman–Crippen MR) is 85.4 cm³/mol. The molecule has 0 unspecified atom stereocenters. The number of likely N-dealkylation sites (tertiary alicyclic amines) is 1. The maximum Gasteiger partial charge on any atom is 0.242 e. The maximum atomic E-state index is 12.6. The third kappa shape index (κ3) is 3.18. The molecule has 1 heterocycles. The summed E-state index contributed by atoms with van der Waals surface area (Å²) < 4.78 is 0. The first-order valence-electron chi connectivity index (χ1n) is 8.36. The SMILES string of the molecule is C[C@@H](O)[C@H](N)C(=O)C1CCC2(CC1)CN([C@H](C(N)=O)[C@@H](C)O)C2=O. The standard InChI is InChI=1S/C16H27N3O5/c1-8(20)11(17)13(22)10-3-5-16(6-4-10)7-19(15(16)24)12(9(2)21)14(18)23/h8-12,20-21H,3-7,17H2,1-2H3,(H2,18,23)/t8-,9-,10?,11+,12+,16?/m1/s1. The molecule has 2 aliphatic rings. The van der Waals surface area contributed by atoms with Gasteiger partial charge >= 0.3 is 0 Å². The van der Waals surface area contributed by atoms with Gasteiger partial charge in [-0.25, -0.2) is 0 Å². The molecule has 1 aliphatic heterocycles. The van der Waals surface area contributed by atoms with Gasteiger partial charge in [-0.3, -0.25) is 14.4 Å². The van der Waals surface area contributed by atoms with Crippen molar-refractivity contribution in [3.05, 3.63) is 0 Å². The van der Waals surface area contributed by atoms with Crippen LogP contribution in [-0.4, -0.2) is 63.5 Å². The summed E-state index contributed by atoms with van der Waals surface area (Å²) in [7, 11) is 0. The van der Waals surface area contributed by atoms with Crippen LogP contribution in [0, 0.1) is 11.3 Å². The lowest BCUT2D eigenvalue weighted by Gasteiger charge is -2.54. The number of ketones is 1. The summed E-state index contributed by atoms with van der Waals surface area (Å²) in [6.07, 6.45) is 0.235. The summed E-state index contributed by atoms with van der Waals surface area (Å²) in [4.78, 5) is 37.6. The molecule has 0 aromatic rings. The van der Waals surface area contributed by atoms with Gasteiger partial charge in [-0.1, -0.05) is 0 Å². The topological polar surface area (TPSA) is 147 Å². The number of nitrogens with two attached hydrogens (primary N) is 2. The number of hydrogen-bond acceptors (Lipinski definition) is 6. The summed E-state index contributed by atoms with van der Waals surface area (Å²) in [6, 6.07) is -1.90. The zero-order valence-corrected chi connectivity index (χ0v) is 14.1. The molecule has 24 heavy (non-hydrogen) atoms. The van der Waals surface area contributed by atoms with Crippen molar-refractivity contribution in [3.63, 3.8) is 0 Å². The zero-order chi connectivity index (χ0) is 18.2. The van der Waals surface area contributed by atoms with E-state index in [1.54, 1.807) is 0 Å². The van der Waals surface area contributed by atoms with Gasteiger partial charge in [0.15, 0.2) is 5.78 Å². The van der Waals surface area contributed by atoms with E-state index >= 15 is 0 Å². The largest absolute Gasteiger partial charge is 0.391 e. The second-order valence-electron chi connectivity index (χ2n) is 7.24. The highest BCUT2D eigenvalue weighted by Gasteiger charge is 2.57. The smallest absolute Gasteiger partial charge is 0.242 e. The van der Waals surface area contributed by atoms with Crippen LogP contribution in [0.4, 0.5) is 0 Å². The molecule has 0 aromatic carbocycles. The van der Waals surface area contributed by atoms with Gasteiger partial charge in [-0.05, 0) is 39.5 Å². The minimum Gasteiger partial charge on any atom is -0.391 e. The van der Waals surface area contributed by atoms with Gasteiger partial charge in [0.05, 0.1) is 23.7 Å². The fourth-order valence-corrected chi connectivity index (χ4v) is 3.89. The van der Waals surface area contributed by atoms with Crippen molar-refractivity contribution in [2.24, 2.45) is 22.8 Å². The number of aliphatic hydroxyl groups excluding tert-OH is 2. The Bertz CT molecular complexity index is 526. The van der Waals surface area contributed by atoms with Gasteiger partial charge in [0.2, 0.25) is 11.8 Å². The Hall–Kier alpha value is -1.51. The number of Topliss-reactive ketones (excluding diaryl/α,β-unsaturated/α-hetero) is 1. The molecule has 6 N–H and O–H groups in total. The minimum atomic E-state index is -1.02. The number of amides is 2. The molecule has 1 saturated heterocycles. The summed E-state index contributed by atoms with van der Waals surface area (Å²) >= 11 is 0. The number of rotatable bonds is 6. The van der Waals surface area contributed by atoms with Gasteiger partial charge < -0.3 is 26.6 Å². The Morgan fingerprint density at radius 2 is 1.75 bits per heavy atom. The number of β-lactam (4-membered cyclic amide) rings is 1. The van der Waals surface area contributed by atoms with Gasteiger partial charge in [0.1, 0.15) is 6.04 Å². The number of hydrogen-bond donors (Lipinski definition) is 4. The van der Waals surface area contributed by atoms with Crippen LogP contribution in [0.5, 0.6) is 0 Å². The summed E-state index contributed by atoms with van der Waals surface area (Å²) in [5.74, 6) is -1.31. The molecular weight excluding hydrogens is 314 g/mol. The van der Waals surface area contributed by atoms with Crippen molar-refractivity contribution in [3.8, 4) is 0 Å². The molecule has 1 aliphatic carbocycles. The molecule has 8 heteroatoms. The van der Waals surface area contributed by atoms with E-state index in [1.807, 2.05) is 0 Å². The molecule has 2 rings (SSSR count). The van der Waals surface area contributed by atoms with Crippen LogP contribution in [0.1, 0.15) is 39.5 Å². The molecule has 1 spiro atoms. The van der Waals surface area contributed by atoms with Crippen LogP contribution >= 0.6 is 0 Å². The monoisotopic (exact) mass is 341 g/mol. The summed E-state index contributed by atoms with van der Waals surface area (Å²) in [5.41, 5.74) is 10.4. The van der Waals surface area contributed by atoms with Gasteiger partial charge in [-0.2, -0.15) is 0 Å². The average Bonchev–Trinajstić information content (AvgIpc) is 2.52. The van der Waals surface area contributed by atoms with E-state index in [2.05, 4.69) is 0 Å². The van der Waals surface area contributed by atoms with E-state index < -0.39 is 35.6 Å². The first kappa shape index (κ1) is 18.8. The fourth-order valence-electron chi connectivity index (χ4n) is 3.89. The van der Waals surface area contributed by atoms with E-state index in [4.69, 9.17) is 11.5 Å². The lowest BCUT2D eigenvalue weighted by atomic mass is 9.63. The van der Waals surface area contributed by atoms with E-state index in [-0.39, 0.29) is 17.6 Å². The van der Waals surface area contributed by atoms with Crippen LogP contribution in [0.2, 0.25) is 0 Å².